The number of aromatic hydroxyl groups is 1. The van der Waals surface area contributed by atoms with Crippen LogP contribution in [0.25, 0.3) is 0 Å². The maximum atomic E-state index is 11.5. The molecule has 6 nitrogen and oxygen atoms in total. The summed E-state index contributed by atoms with van der Waals surface area (Å²) >= 11 is 0. The molecule has 0 aliphatic rings. The summed E-state index contributed by atoms with van der Waals surface area (Å²) in [6, 6.07) is 4.24. The van der Waals surface area contributed by atoms with Gasteiger partial charge >= 0.3 is 6.09 Å². The summed E-state index contributed by atoms with van der Waals surface area (Å²) in [5.41, 5.74) is 5.25. The number of nitrogens with two attached hydrogens (primary N) is 1. The Balaban J connectivity index is 2.87. The zero-order valence-corrected chi connectivity index (χ0v) is 10.6. The van der Waals surface area contributed by atoms with E-state index in [1.165, 1.54) is 18.2 Å². The summed E-state index contributed by atoms with van der Waals surface area (Å²) < 4.78 is 5.05. The molecule has 0 aliphatic carbocycles. The predicted molar refractivity (Wildman–Crippen MR) is 69.0 cm³/mol. The van der Waals surface area contributed by atoms with Gasteiger partial charge < -0.3 is 15.6 Å². The third kappa shape index (κ3) is 3.97. The summed E-state index contributed by atoms with van der Waals surface area (Å²) in [4.78, 5) is 11.5. The topological polar surface area (TPSA) is 108 Å². The van der Waals surface area contributed by atoms with E-state index in [-0.39, 0.29) is 17.3 Å². The van der Waals surface area contributed by atoms with Gasteiger partial charge in [0.25, 0.3) is 0 Å². The smallest absolute Gasteiger partial charge is 0.412 e. The van der Waals surface area contributed by atoms with Crippen molar-refractivity contribution in [1.29, 1.82) is 5.41 Å². The first kappa shape index (κ1) is 13.8. The van der Waals surface area contributed by atoms with E-state index in [2.05, 4.69) is 5.32 Å². The molecule has 1 amide bonds. The number of nitrogens with one attached hydrogen (secondary N) is 2. The molecule has 0 unspecified atom stereocenters. The Bertz CT molecular complexity index is 478. The van der Waals surface area contributed by atoms with Crippen molar-refractivity contribution in [2.45, 2.75) is 26.4 Å². The van der Waals surface area contributed by atoms with E-state index >= 15 is 0 Å². The van der Waals surface area contributed by atoms with Gasteiger partial charge in [-0.05, 0) is 39.0 Å². The molecule has 0 aliphatic heterocycles. The highest BCUT2D eigenvalue weighted by molar-refractivity contribution is 5.97. The second-order valence-corrected chi connectivity index (χ2v) is 4.77. The highest BCUT2D eigenvalue weighted by atomic mass is 16.6. The summed E-state index contributed by atoms with van der Waals surface area (Å²) in [7, 11) is 0. The molecule has 0 spiro atoms. The fourth-order valence-electron chi connectivity index (χ4n) is 1.22. The number of rotatable bonds is 2. The van der Waals surface area contributed by atoms with Crippen molar-refractivity contribution in [2.75, 3.05) is 5.32 Å². The quantitative estimate of drug-likeness (QED) is 0.366. The lowest BCUT2D eigenvalue weighted by Crippen LogP contribution is -2.27. The average molecular weight is 251 g/mol. The van der Waals surface area contributed by atoms with Crippen LogP contribution in [-0.4, -0.2) is 22.6 Å². The van der Waals surface area contributed by atoms with Gasteiger partial charge in [-0.1, -0.05) is 0 Å². The summed E-state index contributed by atoms with van der Waals surface area (Å²) in [5, 5.41) is 19.3. The number of amides is 1. The predicted octanol–water partition coefficient (Wildman–Crippen LogP) is 2.02. The van der Waals surface area contributed by atoms with Gasteiger partial charge in [0, 0.05) is 5.56 Å². The molecule has 0 radical (unpaired) electrons. The van der Waals surface area contributed by atoms with Crippen molar-refractivity contribution in [3.63, 3.8) is 0 Å². The maximum Gasteiger partial charge on any atom is 0.412 e. The number of carbonyl (C=O) groups is 1. The number of amidine groups is 1. The lowest BCUT2D eigenvalue weighted by atomic mass is 10.1. The van der Waals surface area contributed by atoms with Crippen LogP contribution >= 0.6 is 0 Å². The number of nitrogen functional groups attached to an aromatic ring is 1. The van der Waals surface area contributed by atoms with Crippen LogP contribution in [0.5, 0.6) is 5.75 Å². The van der Waals surface area contributed by atoms with Crippen LogP contribution in [0, 0.1) is 5.41 Å². The van der Waals surface area contributed by atoms with Gasteiger partial charge in [0.05, 0.1) is 5.69 Å². The highest BCUT2D eigenvalue weighted by Crippen LogP contribution is 2.24. The number of phenols is 1. The minimum atomic E-state index is -0.682. The van der Waals surface area contributed by atoms with E-state index < -0.39 is 11.7 Å². The van der Waals surface area contributed by atoms with Crippen LogP contribution in [0.15, 0.2) is 18.2 Å². The number of ether oxygens (including phenoxy) is 1. The fourth-order valence-corrected chi connectivity index (χ4v) is 1.22. The summed E-state index contributed by atoms with van der Waals surface area (Å²) in [6.07, 6.45) is -0.682. The Morgan fingerprint density at radius 1 is 1.44 bits per heavy atom. The zero-order chi connectivity index (χ0) is 13.9. The van der Waals surface area contributed by atoms with Crippen molar-refractivity contribution in [3.8, 4) is 5.75 Å². The molecule has 0 aromatic heterocycles. The van der Waals surface area contributed by atoms with E-state index in [0.717, 1.165) is 0 Å². The van der Waals surface area contributed by atoms with Gasteiger partial charge in [-0.25, -0.2) is 4.79 Å². The molecule has 1 aromatic carbocycles. The average Bonchev–Trinajstić information content (AvgIpc) is 2.18. The van der Waals surface area contributed by atoms with E-state index in [1.54, 1.807) is 20.8 Å². The second kappa shape index (κ2) is 4.95. The summed E-state index contributed by atoms with van der Waals surface area (Å²) in [5.74, 6) is -0.270. The molecule has 1 aromatic rings. The molecule has 0 saturated heterocycles. The first-order chi connectivity index (χ1) is 8.19. The molecule has 0 bridgehead atoms. The Morgan fingerprint density at radius 3 is 2.56 bits per heavy atom. The van der Waals surface area contributed by atoms with E-state index in [4.69, 9.17) is 15.9 Å². The van der Waals surface area contributed by atoms with Gasteiger partial charge in [-0.15, -0.1) is 0 Å². The molecule has 0 fully saturated rings. The number of carbonyl (C=O) groups excluding carboxylic acids is 1. The van der Waals surface area contributed by atoms with Crippen molar-refractivity contribution < 1.29 is 14.6 Å². The molecule has 0 saturated carbocycles. The lowest BCUT2D eigenvalue weighted by molar-refractivity contribution is 0.0635. The van der Waals surface area contributed by atoms with Gasteiger partial charge in [-0.2, -0.15) is 0 Å². The molecule has 5 N–H and O–H groups in total. The standard InChI is InChI=1S/C12H17N3O3/c1-12(2,3)18-11(17)15-8-6-7(10(13)14)4-5-9(8)16/h4-6,16H,1-3H3,(H3,13,14)(H,15,17). The van der Waals surface area contributed by atoms with Crippen LogP contribution in [0.3, 0.4) is 0 Å². The number of hydrogen-bond acceptors (Lipinski definition) is 4. The largest absolute Gasteiger partial charge is 0.506 e. The molecule has 98 valence electrons. The molecule has 6 heteroatoms. The Hall–Kier alpha value is -2.24. The van der Waals surface area contributed by atoms with Gasteiger partial charge in [0.1, 0.15) is 17.2 Å². The van der Waals surface area contributed by atoms with E-state index in [1.807, 2.05) is 0 Å². The van der Waals surface area contributed by atoms with Crippen molar-refractivity contribution in [3.05, 3.63) is 23.8 Å². The van der Waals surface area contributed by atoms with Gasteiger partial charge in [0.15, 0.2) is 0 Å². The highest BCUT2D eigenvalue weighted by Gasteiger charge is 2.17. The first-order valence-corrected chi connectivity index (χ1v) is 5.36. The maximum absolute atomic E-state index is 11.5. The monoisotopic (exact) mass is 251 g/mol. The molecule has 0 heterocycles. The molecular formula is C12H17N3O3. The van der Waals surface area contributed by atoms with Crippen LogP contribution in [0.1, 0.15) is 26.3 Å². The molecule has 0 atom stereocenters. The molecule has 1 rings (SSSR count). The molecule has 18 heavy (non-hydrogen) atoms. The fraction of sp³-hybridized carbons (Fsp3) is 0.333. The first-order valence-electron chi connectivity index (χ1n) is 5.36. The Labute approximate surface area is 105 Å². The SMILES string of the molecule is CC(C)(C)OC(=O)Nc1cc(C(=N)N)ccc1O. The van der Waals surface area contributed by atoms with Gasteiger partial charge in [-0.3, -0.25) is 10.7 Å². The minimum Gasteiger partial charge on any atom is -0.506 e. The minimum absolute atomic E-state index is 0.120. The van der Waals surface area contributed by atoms with E-state index in [0.29, 0.717) is 5.56 Å². The lowest BCUT2D eigenvalue weighted by Gasteiger charge is -2.20. The third-order valence-electron chi connectivity index (χ3n) is 1.94. The van der Waals surface area contributed by atoms with Crippen molar-refractivity contribution in [2.24, 2.45) is 5.73 Å². The van der Waals surface area contributed by atoms with E-state index in [9.17, 15) is 9.90 Å². The summed E-state index contributed by atoms with van der Waals surface area (Å²) in [6.45, 7) is 5.20. The van der Waals surface area contributed by atoms with Crippen molar-refractivity contribution >= 4 is 17.6 Å². The van der Waals surface area contributed by atoms with Crippen LogP contribution in [-0.2, 0) is 4.74 Å². The van der Waals surface area contributed by atoms with Crippen LogP contribution < -0.4 is 11.1 Å². The van der Waals surface area contributed by atoms with Crippen LogP contribution in [0.4, 0.5) is 10.5 Å². The van der Waals surface area contributed by atoms with Crippen LogP contribution in [0.2, 0.25) is 0 Å². The van der Waals surface area contributed by atoms with Crippen molar-refractivity contribution in [1.82, 2.24) is 0 Å². The van der Waals surface area contributed by atoms with Gasteiger partial charge in [0.2, 0.25) is 0 Å². The normalized spacial score (nSPS) is 10.8. The number of anilines is 1. The number of phenolic OH excluding ortho intramolecular Hbond substituents is 1. The zero-order valence-electron chi connectivity index (χ0n) is 10.6. The second-order valence-electron chi connectivity index (χ2n) is 4.77. The number of benzene rings is 1. The number of hydrogen-bond donors (Lipinski definition) is 4. The Kier molecular flexibility index (Phi) is 3.80. The third-order valence-corrected chi connectivity index (χ3v) is 1.94. The molecular weight excluding hydrogens is 234 g/mol. The Morgan fingerprint density at radius 2 is 2.06 bits per heavy atom.